The zero-order chi connectivity index (χ0) is 12.0. The van der Waals surface area contributed by atoms with E-state index in [2.05, 4.69) is 6.92 Å². The van der Waals surface area contributed by atoms with Crippen LogP contribution >= 0.6 is 0 Å². The second-order valence-electron chi connectivity index (χ2n) is 4.94. The van der Waals surface area contributed by atoms with Crippen LogP contribution in [-0.2, 0) is 9.53 Å². The molecule has 0 spiro atoms. The molecule has 0 aromatic carbocycles. The monoisotopic (exact) mass is 228 g/mol. The van der Waals surface area contributed by atoms with Crippen molar-refractivity contribution in [2.45, 2.75) is 71.0 Å². The molecule has 0 saturated heterocycles. The Bertz CT molecular complexity index is 215. The molecule has 16 heavy (non-hydrogen) atoms. The highest BCUT2D eigenvalue weighted by Crippen LogP contribution is 2.29. The lowest BCUT2D eigenvalue weighted by atomic mass is 9.85. The fourth-order valence-electron chi connectivity index (χ4n) is 2.46. The third kappa shape index (κ3) is 4.97. The molecule has 0 bridgehead atoms. The Kier molecular flexibility index (Phi) is 5.81. The molecule has 0 radical (unpaired) electrons. The predicted molar refractivity (Wildman–Crippen MR) is 63.5 cm³/mol. The number of carboxylic acid groups (broad SMARTS) is 1. The van der Waals surface area contributed by atoms with E-state index in [1.54, 1.807) is 0 Å². The van der Waals surface area contributed by atoms with E-state index in [-0.39, 0.29) is 12.5 Å². The smallest absolute Gasteiger partial charge is 0.303 e. The van der Waals surface area contributed by atoms with E-state index >= 15 is 0 Å². The topological polar surface area (TPSA) is 46.5 Å². The van der Waals surface area contributed by atoms with Crippen molar-refractivity contribution in [1.29, 1.82) is 0 Å². The first-order valence-electron chi connectivity index (χ1n) is 6.49. The number of hydrogen-bond acceptors (Lipinski definition) is 2. The summed E-state index contributed by atoms with van der Waals surface area (Å²) >= 11 is 0. The highest BCUT2D eigenvalue weighted by atomic mass is 16.5. The fourth-order valence-corrected chi connectivity index (χ4v) is 2.46. The van der Waals surface area contributed by atoms with E-state index in [9.17, 15) is 4.79 Å². The molecule has 1 rings (SSSR count). The SMILES string of the molecule is CCC1CCCC(OC(C)CCC(=O)O)C1. The van der Waals surface area contributed by atoms with E-state index in [0.717, 1.165) is 18.8 Å². The van der Waals surface area contributed by atoms with Crippen LogP contribution in [0.5, 0.6) is 0 Å². The van der Waals surface area contributed by atoms with Crippen LogP contribution in [0.15, 0.2) is 0 Å². The quantitative estimate of drug-likeness (QED) is 0.759. The summed E-state index contributed by atoms with van der Waals surface area (Å²) < 4.78 is 5.91. The van der Waals surface area contributed by atoms with Gasteiger partial charge >= 0.3 is 5.97 Å². The number of ether oxygens (including phenoxy) is 1. The van der Waals surface area contributed by atoms with Crippen LogP contribution in [0.2, 0.25) is 0 Å². The van der Waals surface area contributed by atoms with Gasteiger partial charge in [0.05, 0.1) is 12.2 Å². The summed E-state index contributed by atoms with van der Waals surface area (Å²) in [6.45, 7) is 4.22. The first-order valence-corrected chi connectivity index (χ1v) is 6.49. The average Bonchev–Trinajstić information content (AvgIpc) is 2.26. The van der Waals surface area contributed by atoms with Gasteiger partial charge in [-0.3, -0.25) is 4.79 Å². The molecule has 1 fully saturated rings. The standard InChI is InChI=1S/C13H24O3/c1-3-11-5-4-6-12(9-11)16-10(2)7-8-13(14)15/h10-12H,3-9H2,1-2H3,(H,14,15). The van der Waals surface area contributed by atoms with Crippen molar-refractivity contribution in [1.82, 2.24) is 0 Å². The molecule has 1 aliphatic rings. The van der Waals surface area contributed by atoms with Gasteiger partial charge in [0.15, 0.2) is 0 Å². The molecule has 1 aliphatic carbocycles. The molecule has 1 N–H and O–H groups in total. The number of hydrogen-bond donors (Lipinski definition) is 1. The Hall–Kier alpha value is -0.570. The van der Waals surface area contributed by atoms with Crippen molar-refractivity contribution in [3.63, 3.8) is 0 Å². The van der Waals surface area contributed by atoms with Crippen LogP contribution in [0.4, 0.5) is 0 Å². The van der Waals surface area contributed by atoms with Crippen LogP contribution in [0.3, 0.4) is 0 Å². The largest absolute Gasteiger partial charge is 0.481 e. The minimum atomic E-state index is -0.731. The Labute approximate surface area is 98.2 Å². The minimum Gasteiger partial charge on any atom is -0.481 e. The zero-order valence-corrected chi connectivity index (χ0v) is 10.4. The summed E-state index contributed by atoms with van der Waals surface area (Å²) in [5, 5.41) is 8.59. The van der Waals surface area contributed by atoms with Crippen molar-refractivity contribution in [2.24, 2.45) is 5.92 Å². The van der Waals surface area contributed by atoms with Crippen LogP contribution in [-0.4, -0.2) is 23.3 Å². The molecule has 3 heteroatoms. The highest BCUT2D eigenvalue weighted by Gasteiger charge is 2.22. The van der Waals surface area contributed by atoms with Gasteiger partial charge in [-0.15, -0.1) is 0 Å². The molecule has 1 saturated carbocycles. The summed E-state index contributed by atoms with van der Waals surface area (Å²) in [5.41, 5.74) is 0. The molecular formula is C13H24O3. The molecule has 0 aliphatic heterocycles. The van der Waals surface area contributed by atoms with Crippen LogP contribution < -0.4 is 0 Å². The molecule has 94 valence electrons. The van der Waals surface area contributed by atoms with Gasteiger partial charge in [-0.25, -0.2) is 0 Å². The van der Waals surface area contributed by atoms with Gasteiger partial charge in [-0.2, -0.15) is 0 Å². The van der Waals surface area contributed by atoms with Crippen molar-refractivity contribution in [2.75, 3.05) is 0 Å². The van der Waals surface area contributed by atoms with E-state index < -0.39 is 5.97 Å². The third-order valence-corrected chi connectivity index (χ3v) is 3.50. The normalized spacial score (nSPS) is 27.6. The van der Waals surface area contributed by atoms with Crippen LogP contribution in [0.25, 0.3) is 0 Å². The lowest BCUT2D eigenvalue weighted by Crippen LogP contribution is -2.26. The molecular weight excluding hydrogens is 204 g/mol. The van der Waals surface area contributed by atoms with Gasteiger partial charge < -0.3 is 9.84 Å². The van der Waals surface area contributed by atoms with Gasteiger partial charge in [0, 0.05) is 6.42 Å². The van der Waals surface area contributed by atoms with E-state index in [4.69, 9.17) is 9.84 Å². The summed E-state index contributed by atoms with van der Waals surface area (Å²) in [7, 11) is 0. The molecule has 3 atom stereocenters. The van der Waals surface area contributed by atoms with Crippen LogP contribution in [0, 0.1) is 5.92 Å². The third-order valence-electron chi connectivity index (χ3n) is 3.50. The second kappa shape index (κ2) is 6.89. The predicted octanol–water partition coefficient (Wildman–Crippen LogP) is 3.23. The number of carboxylic acids is 1. The highest BCUT2D eigenvalue weighted by molar-refractivity contribution is 5.66. The maximum Gasteiger partial charge on any atom is 0.303 e. The fraction of sp³-hybridized carbons (Fsp3) is 0.923. The number of carbonyl (C=O) groups is 1. The van der Waals surface area contributed by atoms with Crippen molar-refractivity contribution >= 4 is 5.97 Å². The van der Waals surface area contributed by atoms with Gasteiger partial charge in [0.25, 0.3) is 0 Å². The second-order valence-corrected chi connectivity index (χ2v) is 4.94. The lowest BCUT2D eigenvalue weighted by molar-refractivity contribution is -0.138. The van der Waals surface area contributed by atoms with E-state index in [0.29, 0.717) is 12.5 Å². The first-order chi connectivity index (χ1) is 7.61. The Morgan fingerprint density at radius 2 is 2.25 bits per heavy atom. The van der Waals surface area contributed by atoms with Crippen molar-refractivity contribution in [3.8, 4) is 0 Å². The maximum absolute atomic E-state index is 10.4. The molecule has 3 unspecified atom stereocenters. The van der Waals surface area contributed by atoms with Crippen molar-refractivity contribution < 1.29 is 14.6 Å². The van der Waals surface area contributed by atoms with E-state index in [1.807, 2.05) is 6.92 Å². The van der Waals surface area contributed by atoms with E-state index in [1.165, 1.54) is 19.3 Å². The summed E-state index contributed by atoms with van der Waals surface area (Å²) in [4.78, 5) is 10.4. The minimum absolute atomic E-state index is 0.0803. The number of aliphatic carboxylic acids is 1. The first kappa shape index (κ1) is 13.5. The summed E-state index contributed by atoms with van der Waals surface area (Å²) in [6.07, 6.45) is 7.42. The summed E-state index contributed by atoms with van der Waals surface area (Å²) in [6, 6.07) is 0. The molecule has 0 aromatic rings. The lowest BCUT2D eigenvalue weighted by Gasteiger charge is -2.30. The van der Waals surface area contributed by atoms with Crippen molar-refractivity contribution in [3.05, 3.63) is 0 Å². The Morgan fingerprint density at radius 1 is 1.50 bits per heavy atom. The van der Waals surface area contributed by atoms with Gasteiger partial charge in [-0.05, 0) is 32.1 Å². The molecule has 0 aromatic heterocycles. The van der Waals surface area contributed by atoms with Crippen LogP contribution in [0.1, 0.15) is 58.8 Å². The zero-order valence-electron chi connectivity index (χ0n) is 10.4. The molecule has 3 nitrogen and oxygen atoms in total. The van der Waals surface area contributed by atoms with Gasteiger partial charge in [-0.1, -0.05) is 26.2 Å². The van der Waals surface area contributed by atoms with Gasteiger partial charge in [0.1, 0.15) is 0 Å². The molecule has 0 amide bonds. The average molecular weight is 228 g/mol. The Balaban J connectivity index is 2.22. The van der Waals surface area contributed by atoms with Gasteiger partial charge in [0.2, 0.25) is 0 Å². The Morgan fingerprint density at radius 3 is 2.88 bits per heavy atom. The maximum atomic E-state index is 10.4. The number of rotatable bonds is 6. The molecule has 0 heterocycles. The summed E-state index contributed by atoms with van der Waals surface area (Å²) in [5.74, 6) is 0.0796.